The van der Waals surface area contributed by atoms with Crippen molar-refractivity contribution in [2.45, 2.75) is 39.8 Å². The zero-order valence-corrected chi connectivity index (χ0v) is 14.2. The second kappa shape index (κ2) is 7.13. The molecule has 1 aromatic carbocycles. The van der Waals surface area contributed by atoms with Gasteiger partial charge in [-0.25, -0.2) is 8.78 Å². The van der Waals surface area contributed by atoms with Crippen LogP contribution in [0.2, 0.25) is 0 Å². The molecule has 1 amide bonds. The van der Waals surface area contributed by atoms with E-state index in [-0.39, 0.29) is 18.5 Å². The molecule has 0 radical (unpaired) electrons. The maximum atomic E-state index is 13.6. The summed E-state index contributed by atoms with van der Waals surface area (Å²) >= 11 is 0. The number of carbonyl (C=O) groups excluding carboxylic acids is 1. The first-order valence-electron chi connectivity index (χ1n) is 7.82. The maximum absolute atomic E-state index is 13.6. The number of nitrogens with one attached hydrogen (secondary N) is 1. The highest BCUT2D eigenvalue weighted by Crippen LogP contribution is 2.22. The molecule has 0 aliphatic rings. The Kier molecular flexibility index (Phi) is 5.39. The van der Waals surface area contributed by atoms with Gasteiger partial charge in [0.2, 0.25) is 0 Å². The standard InChI is InChI=1S/C18H22F2N2O2/c1-10(2)22-11(3)8-13(12(22)4)18(24)21-9-16(23)17-14(19)6-5-7-15(17)20/h5-8,10,16,23H,9H2,1-4H3,(H,21,24)/t16-/m0/s1. The topological polar surface area (TPSA) is 54.3 Å². The van der Waals surface area contributed by atoms with Crippen LogP contribution in [0.5, 0.6) is 0 Å². The number of hydrogen-bond donors (Lipinski definition) is 2. The van der Waals surface area contributed by atoms with Crippen molar-refractivity contribution in [2.24, 2.45) is 0 Å². The average Bonchev–Trinajstić information content (AvgIpc) is 2.79. The number of aryl methyl sites for hydroxylation is 1. The van der Waals surface area contributed by atoms with Crippen molar-refractivity contribution in [3.05, 3.63) is 58.4 Å². The zero-order chi connectivity index (χ0) is 18.0. The highest BCUT2D eigenvalue weighted by atomic mass is 19.1. The molecule has 1 heterocycles. The van der Waals surface area contributed by atoms with Gasteiger partial charge in [-0.1, -0.05) is 6.07 Å². The lowest BCUT2D eigenvalue weighted by Crippen LogP contribution is -2.29. The van der Waals surface area contributed by atoms with E-state index < -0.39 is 23.3 Å². The number of aliphatic hydroxyl groups is 1. The first-order chi connectivity index (χ1) is 11.2. The first kappa shape index (κ1) is 18.1. The molecule has 6 heteroatoms. The van der Waals surface area contributed by atoms with Gasteiger partial charge in [0.15, 0.2) is 0 Å². The van der Waals surface area contributed by atoms with E-state index in [0.717, 1.165) is 23.5 Å². The fourth-order valence-electron chi connectivity index (χ4n) is 3.02. The maximum Gasteiger partial charge on any atom is 0.253 e. The lowest BCUT2D eigenvalue weighted by atomic mass is 10.1. The van der Waals surface area contributed by atoms with Crippen LogP contribution in [-0.4, -0.2) is 22.1 Å². The Morgan fingerprint density at radius 1 is 1.25 bits per heavy atom. The Balaban J connectivity index is 2.13. The van der Waals surface area contributed by atoms with Crippen LogP contribution in [0.4, 0.5) is 8.78 Å². The van der Waals surface area contributed by atoms with Crippen LogP contribution in [0.3, 0.4) is 0 Å². The molecule has 4 nitrogen and oxygen atoms in total. The van der Waals surface area contributed by atoms with Crippen LogP contribution in [0.25, 0.3) is 0 Å². The van der Waals surface area contributed by atoms with Gasteiger partial charge in [0, 0.05) is 24.0 Å². The van der Waals surface area contributed by atoms with Crippen molar-refractivity contribution in [3.8, 4) is 0 Å². The molecule has 2 aromatic rings. The monoisotopic (exact) mass is 336 g/mol. The fourth-order valence-corrected chi connectivity index (χ4v) is 3.02. The van der Waals surface area contributed by atoms with Gasteiger partial charge in [-0.05, 0) is 45.9 Å². The number of rotatable bonds is 5. The predicted octanol–water partition coefficient (Wildman–Crippen LogP) is 3.43. The van der Waals surface area contributed by atoms with Gasteiger partial charge >= 0.3 is 0 Å². The molecule has 0 aliphatic heterocycles. The Hall–Kier alpha value is -2.21. The number of hydrogen-bond acceptors (Lipinski definition) is 2. The number of nitrogens with zero attached hydrogens (tertiary/aromatic N) is 1. The van der Waals surface area contributed by atoms with Crippen LogP contribution >= 0.6 is 0 Å². The summed E-state index contributed by atoms with van der Waals surface area (Å²) in [5.74, 6) is -2.06. The molecule has 0 bridgehead atoms. The third-order valence-corrected chi connectivity index (χ3v) is 4.03. The Morgan fingerprint density at radius 2 is 1.83 bits per heavy atom. The Morgan fingerprint density at radius 3 is 2.33 bits per heavy atom. The molecule has 1 aromatic heterocycles. The van der Waals surface area contributed by atoms with Crippen LogP contribution in [0.15, 0.2) is 24.3 Å². The van der Waals surface area contributed by atoms with Gasteiger partial charge in [0.1, 0.15) is 17.7 Å². The molecule has 0 saturated heterocycles. The predicted molar refractivity (Wildman–Crippen MR) is 87.9 cm³/mol. The van der Waals surface area contributed by atoms with Gasteiger partial charge < -0.3 is 15.0 Å². The van der Waals surface area contributed by atoms with Crippen LogP contribution in [0.1, 0.15) is 53.3 Å². The highest BCUT2D eigenvalue weighted by Gasteiger charge is 2.21. The zero-order valence-electron chi connectivity index (χ0n) is 14.2. The van der Waals surface area contributed by atoms with Crippen LogP contribution in [-0.2, 0) is 0 Å². The molecular formula is C18H22F2N2O2. The number of aromatic nitrogens is 1. The minimum atomic E-state index is -1.45. The molecule has 1 atom stereocenters. The molecule has 0 spiro atoms. The number of aliphatic hydroxyl groups excluding tert-OH is 1. The van der Waals surface area contributed by atoms with E-state index in [1.807, 2.05) is 32.3 Å². The molecule has 2 rings (SSSR count). The van der Waals surface area contributed by atoms with Crippen molar-refractivity contribution in [1.29, 1.82) is 0 Å². The molecule has 130 valence electrons. The number of halogens is 2. The summed E-state index contributed by atoms with van der Waals surface area (Å²) in [6, 6.07) is 5.34. The molecule has 0 unspecified atom stereocenters. The van der Waals surface area contributed by atoms with Crippen molar-refractivity contribution >= 4 is 5.91 Å². The fraction of sp³-hybridized carbons (Fsp3) is 0.389. The molecule has 0 saturated carbocycles. The summed E-state index contributed by atoms with van der Waals surface area (Å²) in [7, 11) is 0. The van der Waals surface area contributed by atoms with E-state index in [1.165, 1.54) is 6.07 Å². The molecule has 2 N–H and O–H groups in total. The normalized spacial score (nSPS) is 12.5. The smallest absolute Gasteiger partial charge is 0.253 e. The van der Waals surface area contributed by atoms with Crippen LogP contribution < -0.4 is 5.32 Å². The summed E-state index contributed by atoms with van der Waals surface area (Å²) in [5.41, 5.74) is 1.81. The van der Waals surface area contributed by atoms with E-state index >= 15 is 0 Å². The summed E-state index contributed by atoms with van der Waals surface area (Å²) in [5, 5.41) is 12.5. The summed E-state index contributed by atoms with van der Waals surface area (Å²) in [4.78, 5) is 12.3. The third-order valence-electron chi connectivity index (χ3n) is 4.03. The van der Waals surface area contributed by atoms with Gasteiger partial charge in [0.25, 0.3) is 5.91 Å². The minimum absolute atomic E-state index is 0.213. The summed E-state index contributed by atoms with van der Waals surface area (Å²) in [6.07, 6.45) is -1.45. The van der Waals surface area contributed by atoms with Crippen molar-refractivity contribution in [3.63, 3.8) is 0 Å². The molecule has 0 fully saturated rings. The van der Waals surface area contributed by atoms with Gasteiger partial charge in [-0.2, -0.15) is 0 Å². The van der Waals surface area contributed by atoms with Crippen molar-refractivity contribution in [2.75, 3.05) is 6.54 Å². The van der Waals surface area contributed by atoms with Crippen molar-refractivity contribution in [1.82, 2.24) is 9.88 Å². The Bertz CT molecular complexity index is 733. The van der Waals surface area contributed by atoms with E-state index in [4.69, 9.17) is 0 Å². The molecular weight excluding hydrogens is 314 g/mol. The second-order valence-corrected chi connectivity index (χ2v) is 6.11. The van der Waals surface area contributed by atoms with E-state index in [0.29, 0.717) is 5.56 Å². The van der Waals surface area contributed by atoms with Gasteiger partial charge in [0.05, 0.1) is 11.1 Å². The number of carbonyl (C=O) groups is 1. The van der Waals surface area contributed by atoms with Gasteiger partial charge in [-0.15, -0.1) is 0 Å². The SMILES string of the molecule is Cc1cc(C(=O)NC[C@H](O)c2c(F)cccc2F)c(C)n1C(C)C. The first-order valence-corrected chi connectivity index (χ1v) is 7.82. The number of benzene rings is 1. The second-order valence-electron chi connectivity index (χ2n) is 6.11. The van der Waals surface area contributed by atoms with Crippen LogP contribution in [0, 0.1) is 25.5 Å². The molecule has 0 aliphatic carbocycles. The Labute approximate surface area is 140 Å². The van der Waals surface area contributed by atoms with E-state index in [9.17, 15) is 18.7 Å². The third kappa shape index (κ3) is 3.48. The average molecular weight is 336 g/mol. The minimum Gasteiger partial charge on any atom is -0.386 e. The quantitative estimate of drug-likeness (QED) is 0.879. The summed E-state index contributed by atoms with van der Waals surface area (Å²) < 4.78 is 29.3. The lowest BCUT2D eigenvalue weighted by molar-refractivity contribution is 0.0910. The van der Waals surface area contributed by atoms with E-state index in [2.05, 4.69) is 5.32 Å². The number of amides is 1. The van der Waals surface area contributed by atoms with Crippen molar-refractivity contribution < 1.29 is 18.7 Å². The molecule has 24 heavy (non-hydrogen) atoms. The summed E-state index contributed by atoms with van der Waals surface area (Å²) in [6.45, 7) is 7.52. The highest BCUT2D eigenvalue weighted by molar-refractivity contribution is 5.95. The van der Waals surface area contributed by atoms with E-state index in [1.54, 1.807) is 6.07 Å². The lowest BCUT2D eigenvalue weighted by Gasteiger charge is -2.15. The largest absolute Gasteiger partial charge is 0.386 e. The van der Waals surface area contributed by atoms with Gasteiger partial charge in [-0.3, -0.25) is 4.79 Å².